The highest BCUT2D eigenvalue weighted by Gasteiger charge is 2.38. The Kier molecular flexibility index (Phi) is 5.31. The molecule has 2 aromatic carbocycles. The predicted octanol–water partition coefficient (Wildman–Crippen LogP) is 3.91. The van der Waals surface area contributed by atoms with E-state index in [4.69, 9.17) is 4.74 Å². The van der Waals surface area contributed by atoms with E-state index in [2.05, 4.69) is 5.32 Å². The number of amides is 2. The summed E-state index contributed by atoms with van der Waals surface area (Å²) >= 11 is 0. The number of methoxy groups -OCH3 is 1. The second-order valence-electron chi connectivity index (χ2n) is 6.68. The molecule has 0 aliphatic carbocycles. The Bertz CT molecular complexity index is 914. The number of nitrogens with one attached hydrogen (secondary N) is 1. The summed E-state index contributed by atoms with van der Waals surface area (Å²) in [4.78, 5) is 27.2. The van der Waals surface area contributed by atoms with Gasteiger partial charge in [-0.25, -0.2) is 0 Å². The van der Waals surface area contributed by atoms with Gasteiger partial charge in [-0.3, -0.25) is 14.5 Å². The molecule has 0 unspecified atom stereocenters. The van der Waals surface area contributed by atoms with Gasteiger partial charge in [0.15, 0.2) is 0 Å². The maximum Gasteiger partial charge on any atom is 0.278 e. The fourth-order valence-electron chi connectivity index (χ4n) is 3.23. The molecule has 0 bridgehead atoms. The molecule has 0 spiro atoms. The monoisotopic (exact) mass is 364 g/mol. The zero-order valence-electron chi connectivity index (χ0n) is 16.1. The molecule has 0 atom stereocenters. The molecule has 1 aliphatic rings. The maximum atomic E-state index is 13.0. The largest absolute Gasteiger partial charge is 0.497 e. The molecule has 0 radical (unpaired) electrons. The average Bonchev–Trinajstić information content (AvgIpc) is 2.89. The van der Waals surface area contributed by atoms with Crippen LogP contribution in [0.15, 0.2) is 48.2 Å². The third-order valence-corrected chi connectivity index (χ3v) is 4.64. The molecule has 3 rings (SSSR count). The van der Waals surface area contributed by atoms with Crippen LogP contribution in [-0.4, -0.2) is 30.4 Å². The van der Waals surface area contributed by atoms with E-state index >= 15 is 0 Å². The number of anilines is 1. The highest BCUT2D eigenvalue weighted by molar-refractivity contribution is 6.36. The molecule has 5 heteroatoms. The molecular weight excluding hydrogens is 340 g/mol. The van der Waals surface area contributed by atoms with Crippen molar-refractivity contribution in [2.45, 2.75) is 27.2 Å². The quantitative estimate of drug-likeness (QED) is 0.790. The van der Waals surface area contributed by atoms with Crippen LogP contribution in [0.4, 0.5) is 5.69 Å². The summed E-state index contributed by atoms with van der Waals surface area (Å²) in [6.45, 7) is 6.35. The summed E-state index contributed by atoms with van der Waals surface area (Å²) in [5.74, 6) is 0.150. The van der Waals surface area contributed by atoms with Gasteiger partial charge in [0.2, 0.25) is 0 Å². The van der Waals surface area contributed by atoms with Crippen molar-refractivity contribution in [3.8, 4) is 5.75 Å². The molecule has 0 saturated carbocycles. The third kappa shape index (κ3) is 3.58. The summed E-state index contributed by atoms with van der Waals surface area (Å²) in [7, 11) is 1.59. The van der Waals surface area contributed by atoms with Crippen molar-refractivity contribution >= 4 is 23.1 Å². The first-order valence-corrected chi connectivity index (χ1v) is 9.05. The van der Waals surface area contributed by atoms with E-state index in [1.54, 1.807) is 31.4 Å². The van der Waals surface area contributed by atoms with E-state index in [0.29, 0.717) is 35.5 Å². The topological polar surface area (TPSA) is 58.6 Å². The van der Waals surface area contributed by atoms with Gasteiger partial charge in [-0.2, -0.15) is 0 Å². The van der Waals surface area contributed by atoms with Crippen LogP contribution in [0.25, 0.3) is 5.57 Å². The van der Waals surface area contributed by atoms with Crippen molar-refractivity contribution in [2.24, 2.45) is 0 Å². The molecule has 1 N–H and O–H groups in total. The summed E-state index contributed by atoms with van der Waals surface area (Å²) < 4.78 is 5.19. The molecule has 2 aromatic rings. The Hall–Kier alpha value is -3.08. The minimum absolute atomic E-state index is 0.265. The van der Waals surface area contributed by atoms with Crippen LogP contribution in [0.1, 0.15) is 30.0 Å². The summed E-state index contributed by atoms with van der Waals surface area (Å²) in [6.07, 6.45) is 0.713. The van der Waals surface area contributed by atoms with E-state index in [-0.39, 0.29) is 11.8 Å². The van der Waals surface area contributed by atoms with E-state index in [0.717, 1.165) is 16.8 Å². The second-order valence-corrected chi connectivity index (χ2v) is 6.68. The highest BCUT2D eigenvalue weighted by Crippen LogP contribution is 2.32. The first-order valence-electron chi connectivity index (χ1n) is 9.05. The van der Waals surface area contributed by atoms with Crippen molar-refractivity contribution < 1.29 is 14.3 Å². The fraction of sp³-hybridized carbons (Fsp3) is 0.273. The summed E-state index contributed by atoms with van der Waals surface area (Å²) in [5.41, 5.74) is 4.40. The Balaban J connectivity index is 2.07. The van der Waals surface area contributed by atoms with Gasteiger partial charge in [0, 0.05) is 12.2 Å². The number of imide groups is 1. The van der Waals surface area contributed by atoms with Crippen molar-refractivity contribution in [2.75, 3.05) is 19.0 Å². The van der Waals surface area contributed by atoms with Gasteiger partial charge in [0.25, 0.3) is 11.8 Å². The number of nitrogens with zero attached hydrogens (tertiary/aromatic N) is 1. The van der Waals surface area contributed by atoms with E-state index in [1.165, 1.54) is 4.90 Å². The van der Waals surface area contributed by atoms with Crippen LogP contribution in [0, 0.1) is 13.8 Å². The van der Waals surface area contributed by atoms with Gasteiger partial charge in [-0.1, -0.05) is 36.8 Å². The molecule has 0 saturated heterocycles. The lowest BCUT2D eigenvalue weighted by atomic mass is 10.0. The lowest BCUT2D eigenvalue weighted by Crippen LogP contribution is -2.33. The van der Waals surface area contributed by atoms with Crippen molar-refractivity contribution in [3.63, 3.8) is 0 Å². The zero-order chi connectivity index (χ0) is 19.6. The Morgan fingerprint density at radius 3 is 2.30 bits per heavy atom. The van der Waals surface area contributed by atoms with Crippen LogP contribution in [0.2, 0.25) is 0 Å². The lowest BCUT2D eigenvalue weighted by molar-refractivity contribution is -0.136. The van der Waals surface area contributed by atoms with Crippen LogP contribution in [-0.2, 0) is 9.59 Å². The normalized spacial score (nSPS) is 14.1. The zero-order valence-corrected chi connectivity index (χ0v) is 16.1. The number of rotatable bonds is 6. The molecule has 0 fully saturated rings. The first-order chi connectivity index (χ1) is 13.0. The van der Waals surface area contributed by atoms with Crippen molar-refractivity contribution in [1.29, 1.82) is 0 Å². The van der Waals surface area contributed by atoms with Crippen molar-refractivity contribution in [3.05, 3.63) is 64.9 Å². The third-order valence-electron chi connectivity index (χ3n) is 4.64. The minimum Gasteiger partial charge on any atom is -0.497 e. The number of ether oxygens (including phenoxy) is 1. The van der Waals surface area contributed by atoms with Gasteiger partial charge in [0.05, 0.1) is 12.7 Å². The second kappa shape index (κ2) is 7.66. The number of aryl methyl sites for hydroxylation is 2. The minimum atomic E-state index is -0.285. The van der Waals surface area contributed by atoms with Gasteiger partial charge in [-0.15, -0.1) is 0 Å². The lowest BCUT2D eigenvalue weighted by Gasteiger charge is -2.14. The molecule has 0 aromatic heterocycles. The summed E-state index contributed by atoms with van der Waals surface area (Å²) in [6, 6.07) is 13.1. The van der Waals surface area contributed by atoms with Gasteiger partial charge < -0.3 is 10.1 Å². The van der Waals surface area contributed by atoms with Gasteiger partial charge >= 0.3 is 0 Å². The Labute approximate surface area is 159 Å². The van der Waals surface area contributed by atoms with Crippen LogP contribution in [0.5, 0.6) is 5.75 Å². The van der Waals surface area contributed by atoms with Gasteiger partial charge in [0.1, 0.15) is 11.4 Å². The van der Waals surface area contributed by atoms with Crippen LogP contribution in [0.3, 0.4) is 0 Å². The highest BCUT2D eigenvalue weighted by atomic mass is 16.5. The van der Waals surface area contributed by atoms with Gasteiger partial charge in [-0.05, 0) is 49.6 Å². The number of benzene rings is 2. The standard InChI is InChI=1S/C22H24N2O3/c1-5-12-24-21(25)19(16-7-9-17(27-4)10-8-16)20(22(24)26)23-18-11-6-14(2)13-15(18)3/h6-11,13,23H,5,12H2,1-4H3. The number of hydrogen-bond donors (Lipinski definition) is 1. The number of carbonyl (C=O) groups is 2. The maximum absolute atomic E-state index is 13.0. The average molecular weight is 364 g/mol. The summed E-state index contributed by atoms with van der Waals surface area (Å²) in [5, 5.41) is 3.22. The fourth-order valence-corrected chi connectivity index (χ4v) is 3.23. The molecule has 2 amide bonds. The van der Waals surface area contributed by atoms with Crippen molar-refractivity contribution in [1.82, 2.24) is 4.90 Å². The molecule has 5 nitrogen and oxygen atoms in total. The number of carbonyl (C=O) groups excluding carboxylic acids is 2. The molecule has 27 heavy (non-hydrogen) atoms. The van der Waals surface area contributed by atoms with Crippen LogP contribution < -0.4 is 10.1 Å². The molecule has 140 valence electrons. The predicted molar refractivity (Wildman–Crippen MR) is 106 cm³/mol. The van der Waals surface area contributed by atoms with E-state index in [1.807, 2.05) is 39.0 Å². The number of hydrogen-bond acceptors (Lipinski definition) is 4. The molecule has 1 heterocycles. The van der Waals surface area contributed by atoms with E-state index < -0.39 is 0 Å². The Morgan fingerprint density at radius 1 is 1.00 bits per heavy atom. The Morgan fingerprint density at radius 2 is 1.70 bits per heavy atom. The SMILES string of the molecule is CCCN1C(=O)C(Nc2ccc(C)cc2C)=C(c2ccc(OC)cc2)C1=O. The smallest absolute Gasteiger partial charge is 0.278 e. The molecule has 1 aliphatic heterocycles. The van der Waals surface area contributed by atoms with Crippen LogP contribution >= 0.6 is 0 Å². The van der Waals surface area contributed by atoms with E-state index in [9.17, 15) is 9.59 Å². The first kappa shape index (κ1) is 18.7. The molecular formula is C22H24N2O3.